The molecule has 4 aromatic rings. The predicted molar refractivity (Wildman–Crippen MR) is 341 cm³/mol. The Bertz CT molecular complexity index is 3540. The number of nitrogens with one attached hydrogen (secondary N) is 4. The molecule has 4 spiro atoms. The molecule has 0 aromatic heterocycles. The summed E-state index contributed by atoms with van der Waals surface area (Å²) in [6.07, 6.45) is 17.0. The molecule has 19 heteroatoms. The molecule has 6 atom stereocenters. The first-order chi connectivity index (χ1) is 42.6. The number of likely N-dealkylation sites (tertiary alicyclic amines) is 2. The van der Waals surface area contributed by atoms with Crippen LogP contribution in [0.4, 0.5) is 20.2 Å². The Kier molecular flexibility index (Phi) is 16.1. The van der Waals surface area contributed by atoms with E-state index in [1.165, 1.54) is 19.2 Å². The quantitative estimate of drug-likeness (QED) is 0.113. The lowest BCUT2D eigenvalue weighted by Crippen LogP contribution is -2.63. The SMILES string of the molecule is CCN1[C@@H](C(=O)NC23CCC(C(=O)OC)(CC2)CC3)[C@H](c2cccc(Cl)c2F)[C@]2(C(=O)Nc3cc(Cl)ccc32)C12CCCCC2.CCN1[C@@H](C(=O)NC23CCC(C(C)=O)(CC2)CC3)[C@H](c2cccc(Cl)c2F)[C@]2(C(=O)Nc3cc(Cl)ccc32)C12CCCCC2. The summed E-state index contributed by atoms with van der Waals surface area (Å²) < 4.78 is 37.9. The van der Waals surface area contributed by atoms with Crippen molar-refractivity contribution in [1.29, 1.82) is 0 Å². The first-order valence-electron chi connectivity index (χ1n) is 32.5. The van der Waals surface area contributed by atoms with Gasteiger partial charge < -0.3 is 26.0 Å². The molecular formula is C70H80Cl4F2N6O7. The lowest BCUT2D eigenvalue weighted by molar-refractivity contribution is -0.161. The van der Waals surface area contributed by atoms with Crippen molar-refractivity contribution in [2.45, 2.75) is 219 Å². The summed E-state index contributed by atoms with van der Waals surface area (Å²) in [5.41, 5.74) is -2.27. The second-order valence-electron chi connectivity index (χ2n) is 27.9. The highest BCUT2D eigenvalue weighted by Gasteiger charge is 2.77. The smallest absolute Gasteiger partial charge is 0.311 e. The lowest BCUT2D eigenvalue weighted by Gasteiger charge is -2.53. The Labute approximate surface area is 540 Å². The second-order valence-corrected chi connectivity index (χ2v) is 29.6. The first kappa shape index (κ1) is 62.6. The summed E-state index contributed by atoms with van der Waals surface area (Å²) in [7, 11) is 1.44. The van der Waals surface area contributed by atoms with Crippen LogP contribution in [0.3, 0.4) is 0 Å². The van der Waals surface area contributed by atoms with Crippen molar-refractivity contribution in [1.82, 2.24) is 20.4 Å². The van der Waals surface area contributed by atoms with Crippen LogP contribution in [0, 0.1) is 22.5 Å². The molecule has 89 heavy (non-hydrogen) atoms. The van der Waals surface area contributed by atoms with Gasteiger partial charge in [-0.2, -0.15) is 0 Å². The van der Waals surface area contributed by atoms with Gasteiger partial charge in [0.15, 0.2) is 0 Å². The van der Waals surface area contributed by atoms with E-state index in [4.69, 9.17) is 51.1 Å². The van der Waals surface area contributed by atoms with E-state index >= 15 is 13.6 Å². The monoisotopic (exact) mass is 1290 g/mol. The number of hydrogen-bond donors (Lipinski definition) is 4. The summed E-state index contributed by atoms with van der Waals surface area (Å²) >= 11 is 25.7. The number of nitrogens with zero attached hydrogens (tertiary/aromatic N) is 2. The largest absolute Gasteiger partial charge is 0.469 e. The number of amides is 4. The van der Waals surface area contributed by atoms with Gasteiger partial charge in [-0.3, -0.25) is 38.6 Å². The number of rotatable bonds is 10. The maximum atomic E-state index is 16.4. The second kappa shape index (κ2) is 22.8. The van der Waals surface area contributed by atoms with E-state index in [-0.39, 0.29) is 62.0 Å². The molecule has 13 nitrogen and oxygen atoms in total. The van der Waals surface area contributed by atoms with Crippen LogP contribution in [0.2, 0.25) is 20.1 Å². The van der Waals surface area contributed by atoms with Crippen LogP contribution in [-0.2, 0) is 44.3 Å². The van der Waals surface area contributed by atoms with Gasteiger partial charge in [-0.15, -0.1) is 0 Å². The number of halogens is 6. The predicted octanol–water partition coefficient (Wildman–Crippen LogP) is 14.2. The van der Waals surface area contributed by atoms with Gasteiger partial charge in [-0.25, -0.2) is 8.78 Å². The third kappa shape index (κ3) is 9.03. The molecule has 16 rings (SSSR count). The lowest BCUT2D eigenvalue weighted by atomic mass is 9.55. The molecule has 4 amide bonds. The zero-order valence-corrected chi connectivity index (χ0v) is 54.3. The van der Waals surface area contributed by atoms with Crippen molar-refractivity contribution in [2.75, 3.05) is 30.8 Å². The fraction of sp³-hybridized carbons (Fsp3) is 0.571. The fourth-order valence-corrected chi connectivity index (χ4v) is 21.3. The van der Waals surface area contributed by atoms with E-state index in [0.29, 0.717) is 98.7 Å². The summed E-state index contributed by atoms with van der Waals surface area (Å²) in [6, 6.07) is 19.1. The van der Waals surface area contributed by atoms with Crippen LogP contribution in [0.1, 0.15) is 196 Å². The zero-order chi connectivity index (χ0) is 62.8. The molecule has 2 saturated heterocycles. The number of methoxy groups -OCH3 is 1. The summed E-state index contributed by atoms with van der Waals surface area (Å²) in [5.74, 6) is -3.61. The maximum Gasteiger partial charge on any atom is 0.311 e. The molecule has 4 N–H and O–H groups in total. The minimum Gasteiger partial charge on any atom is -0.469 e. The third-order valence-electron chi connectivity index (χ3n) is 24.7. The van der Waals surface area contributed by atoms with E-state index in [1.54, 1.807) is 55.5 Å². The summed E-state index contributed by atoms with van der Waals surface area (Å²) in [4.78, 5) is 89.2. The van der Waals surface area contributed by atoms with Crippen molar-refractivity contribution < 1.29 is 42.3 Å². The number of likely N-dealkylation sites (N-methyl/N-ethyl adjacent to an activating group) is 2. The van der Waals surface area contributed by atoms with Crippen molar-refractivity contribution in [3.05, 3.63) is 127 Å². The van der Waals surface area contributed by atoms with Crippen molar-refractivity contribution >= 4 is 93.2 Å². The van der Waals surface area contributed by atoms with Crippen LogP contribution in [0.15, 0.2) is 72.8 Å². The molecule has 474 valence electrons. The van der Waals surface area contributed by atoms with E-state index in [0.717, 1.165) is 88.2 Å². The zero-order valence-electron chi connectivity index (χ0n) is 51.2. The molecule has 0 radical (unpaired) electrons. The number of ketones is 1. The number of ether oxygens (including phenoxy) is 1. The van der Waals surface area contributed by atoms with E-state index in [1.807, 2.05) is 26.0 Å². The van der Waals surface area contributed by atoms with E-state index in [2.05, 4.69) is 31.1 Å². The van der Waals surface area contributed by atoms with Gasteiger partial charge in [0.2, 0.25) is 23.6 Å². The normalized spacial score (nSPS) is 33.6. The van der Waals surface area contributed by atoms with Crippen molar-refractivity contribution in [3.8, 4) is 0 Å². The molecule has 0 unspecified atom stereocenters. The summed E-state index contributed by atoms with van der Waals surface area (Å²) in [6.45, 7) is 6.79. The number of anilines is 2. The number of Topliss-reactive ketones (excluding diaryl/α,β-unsaturated/α-hetero) is 1. The Morgan fingerprint density at radius 3 is 1.26 bits per heavy atom. The van der Waals surface area contributed by atoms with E-state index in [9.17, 15) is 24.0 Å². The van der Waals surface area contributed by atoms with Gasteiger partial charge in [0.25, 0.3) is 0 Å². The molecule has 4 bridgehead atoms. The van der Waals surface area contributed by atoms with Gasteiger partial charge in [0, 0.05) is 60.8 Å². The minimum absolute atomic E-state index is 0.0297. The number of hydrogen-bond acceptors (Lipinski definition) is 9. The van der Waals surface area contributed by atoms with Gasteiger partial charge in [-0.05, 0) is 181 Å². The molecule has 4 heterocycles. The van der Waals surface area contributed by atoms with Crippen LogP contribution in [0.25, 0.3) is 0 Å². The minimum atomic E-state index is -1.26. The Balaban J connectivity index is 0.000000164. The van der Waals surface area contributed by atoms with Gasteiger partial charge in [0.1, 0.15) is 28.2 Å². The molecule has 10 fully saturated rings. The van der Waals surface area contributed by atoms with Crippen LogP contribution in [-0.4, -0.2) is 99.6 Å². The third-order valence-corrected chi connectivity index (χ3v) is 25.7. The van der Waals surface area contributed by atoms with Crippen molar-refractivity contribution in [2.24, 2.45) is 10.8 Å². The number of fused-ring (bicyclic) bond motifs is 12. The average molecular weight is 1300 g/mol. The molecular weight excluding hydrogens is 1220 g/mol. The highest BCUT2D eigenvalue weighted by molar-refractivity contribution is 6.32. The Morgan fingerprint density at radius 1 is 0.539 bits per heavy atom. The van der Waals surface area contributed by atoms with E-state index < -0.39 is 74.0 Å². The highest BCUT2D eigenvalue weighted by atomic mass is 35.5. The average Bonchev–Trinajstić information content (AvgIpc) is 1.52. The number of carbonyl (C=O) groups excluding carboxylic acids is 6. The highest BCUT2D eigenvalue weighted by Crippen LogP contribution is 2.69. The molecule has 4 aromatic carbocycles. The first-order valence-corrected chi connectivity index (χ1v) is 34.0. The molecule has 8 saturated carbocycles. The molecule has 4 aliphatic heterocycles. The molecule has 8 aliphatic carbocycles. The van der Waals surface area contributed by atoms with Crippen LogP contribution < -0.4 is 21.3 Å². The molecule has 12 aliphatic rings. The summed E-state index contributed by atoms with van der Waals surface area (Å²) in [5, 5.41) is 14.1. The standard InChI is InChI=1S/C35H40Cl2FN3O4.C35H40Cl2FN3O3/c1-3-41-28(29(42)40-33-17-14-32(15-18-33,16-19-33)31(44)45-2)26(22-8-7-9-24(37)27(22)38)35(34(41)12-5-4-6-13-34)23-11-10-21(36)20-25(23)39-30(35)43;1-3-41-29(30(43)40-33-17-14-32(15-18-33,16-19-33)21(2)42)27(23-8-7-9-25(37)28(23)38)35(34(41)12-5-4-6-13-34)24-11-10-22(36)20-26(24)39-31(35)44/h7-11,20,26,28H,3-6,12-19H2,1-2H3,(H,39,43)(H,40,42);7-11,20,27,29H,3-6,12-19H2,1-2H3,(H,39,44)(H,40,43)/t26-,28+,32?,33?,35+;27-,29+,32?,33?,35+/m00/s1. The number of esters is 1. The van der Waals surface area contributed by atoms with Gasteiger partial charge >= 0.3 is 5.97 Å². The Morgan fingerprint density at radius 2 is 0.910 bits per heavy atom. The Hall–Kier alpha value is -5.16. The number of carbonyl (C=O) groups is 6. The van der Waals surface area contributed by atoms with Crippen LogP contribution in [0.5, 0.6) is 0 Å². The van der Waals surface area contributed by atoms with Crippen molar-refractivity contribution in [3.63, 3.8) is 0 Å². The number of benzene rings is 4. The van der Waals surface area contributed by atoms with Crippen LogP contribution >= 0.6 is 46.4 Å². The van der Waals surface area contributed by atoms with Gasteiger partial charge in [-0.1, -0.05) is 135 Å². The fourth-order valence-electron chi connectivity index (χ4n) is 20.6. The topological polar surface area (TPSA) is 166 Å². The van der Waals surface area contributed by atoms with Gasteiger partial charge in [0.05, 0.1) is 34.7 Å². The maximum absolute atomic E-state index is 16.4.